The zero-order chi connectivity index (χ0) is 11.4. The molecule has 0 aromatic carbocycles. The van der Waals surface area contributed by atoms with Gasteiger partial charge in [0.05, 0.1) is 0 Å². The van der Waals surface area contributed by atoms with Crippen molar-refractivity contribution in [3.63, 3.8) is 0 Å². The van der Waals surface area contributed by atoms with Crippen LogP contribution >= 0.6 is 0 Å². The minimum Gasteiger partial charge on any atom is -0.334 e. The van der Waals surface area contributed by atoms with Gasteiger partial charge in [0.25, 0.3) is 0 Å². The molecule has 0 unspecified atom stereocenters. The molecule has 0 atom stereocenters. The molecule has 0 fully saturated rings. The van der Waals surface area contributed by atoms with Crippen molar-refractivity contribution in [3.05, 3.63) is 24.3 Å². The van der Waals surface area contributed by atoms with E-state index in [1.807, 2.05) is 0 Å². The zero-order valence-electron chi connectivity index (χ0n) is 8.06. The van der Waals surface area contributed by atoms with Crippen molar-refractivity contribution in [1.82, 2.24) is 4.90 Å². The van der Waals surface area contributed by atoms with E-state index in [2.05, 4.69) is 6.58 Å². The third kappa shape index (κ3) is 4.11. The van der Waals surface area contributed by atoms with Crippen LogP contribution in [0.25, 0.3) is 0 Å². The van der Waals surface area contributed by atoms with Gasteiger partial charge in [0.1, 0.15) is 0 Å². The van der Waals surface area contributed by atoms with Crippen LogP contribution in [0.15, 0.2) is 24.3 Å². The highest BCUT2D eigenvalue weighted by atomic mass is 19.4. The van der Waals surface area contributed by atoms with E-state index < -0.39 is 12.1 Å². The molecule has 1 amide bonds. The van der Waals surface area contributed by atoms with Crippen molar-refractivity contribution in [2.24, 2.45) is 0 Å². The highest BCUT2D eigenvalue weighted by Gasteiger charge is 2.41. The molecule has 0 aliphatic carbocycles. The van der Waals surface area contributed by atoms with Gasteiger partial charge in [0.2, 0.25) is 0 Å². The zero-order valence-corrected chi connectivity index (χ0v) is 8.06. The topological polar surface area (TPSA) is 20.3 Å². The lowest BCUT2D eigenvalue weighted by Crippen LogP contribution is -2.39. The van der Waals surface area contributed by atoms with Gasteiger partial charge >= 0.3 is 12.1 Å². The number of hydrogen-bond donors (Lipinski definition) is 0. The quantitative estimate of drug-likeness (QED) is 0.649. The Morgan fingerprint density at radius 3 is 2.36 bits per heavy atom. The summed E-state index contributed by atoms with van der Waals surface area (Å²) in [6.07, 6.45) is -1.61. The molecule has 14 heavy (non-hydrogen) atoms. The highest BCUT2D eigenvalue weighted by Crippen LogP contribution is 2.17. The minimum atomic E-state index is -4.81. The average molecular weight is 207 g/mol. The predicted molar refractivity (Wildman–Crippen MR) is 47.6 cm³/mol. The van der Waals surface area contributed by atoms with E-state index in [0.717, 1.165) is 7.05 Å². The van der Waals surface area contributed by atoms with E-state index in [4.69, 9.17) is 0 Å². The van der Waals surface area contributed by atoms with E-state index in [9.17, 15) is 18.0 Å². The fourth-order valence-electron chi connectivity index (χ4n) is 0.881. The second-order valence-corrected chi connectivity index (χ2v) is 2.82. The van der Waals surface area contributed by atoms with E-state index in [-0.39, 0.29) is 6.54 Å². The number of alkyl halides is 3. The lowest BCUT2D eigenvalue weighted by molar-refractivity contribution is -0.183. The Balaban J connectivity index is 4.29. The van der Waals surface area contributed by atoms with Gasteiger partial charge in [-0.05, 0) is 12.5 Å². The Morgan fingerprint density at radius 1 is 1.50 bits per heavy atom. The van der Waals surface area contributed by atoms with Crippen molar-refractivity contribution in [2.45, 2.75) is 13.1 Å². The molecule has 5 heteroatoms. The number of halogens is 3. The van der Waals surface area contributed by atoms with Crippen molar-refractivity contribution in [2.75, 3.05) is 13.6 Å². The van der Waals surface area contributed by atoms with Crippen LogP contribution in [0.4, 0.5) is 13.2 Å². The van der Waals surface area contributed by atoms with Gasteiger partial charge < -0.3 is 4.90 Å². The van der Waals surface area contributed by atoms with Crippen LogP contribution in [-0.2, 0) is 4.79 Å². The summed E-state index contributed by atoms with van der Waals surface area (Å²) >= 11 is 0. The molecule has 0 aliphatic rings. The lowest BCUT2D eigenvalue weighted by Gasteiger charge is -2.18. The lowest BCUT2D eigenvalue weighted by atomic mass is 10.2. The average Bonchev–Trinajstić information content (AvgIpc) is 2.01. The third-order valence-electron chi connectivity index (χ3n) is 1.43. The van der Waals surface area contributed by atoms with Crippen molar-refractivity contribution >= 4 is 5.91 Å². The summed E-state index contributed by atoms with van der Waals surface area (Å²) in [6.45, 7) is 5.10. The Morgan fingerprint density at radius 2 is 2.00 bits per heavy atom. The van der Waals surface area contributed by atoms with E-state index in [1.54, 1.807) is 19.1 Å². The molecule has 2 nitrogen and oxygen atoms in total. The molecule has 0 aromatic rings. The molecule has 0 rings (SSSR count). The summed E-state index contributed by atoms with van der Waals surface area (Å²) in [6, 6.07) is 0. The van der Waals surface area contributed by atoms with E-state index in [0.29, 0.717) is 10.5 Å². The van der Waals surface area contributed by atoms with Gasteiger partial charge in [-0.3, -0.25) is 4.79 Å². The van der Waals surface area contributed by atoms with E-state index >= 15 is 0 Å². The first-order valence-corrected chi connectivity index (χ1v) is 3.91. The molecule has 0 spiro atoms. The number of likely N-dealkylation sites (N-methyl/N-ethyl adjacent to an activating group) is 1. The molecule has 0 heterocycles. The Kier molecular flexibility index (Phi) is 4.40. The van der Waals surface area contributed by atoms with Crippen LogP contribution in [0.2, 0.25) is 0 Å². The Bertz CT molecular complexity index is 255. The summed E-state index contributed by atoms with van der Waals surface area (Å²) in [5, 5.41) is 0. The standard InChI is InChI=1S/C9H12F3NO/c1-4-5-7(2)6-13(3)8(14)9(10,11)12/h4-5H,2,6H2,1,3H3/b5-4-. The highest BCUT2D eigenvalue weighted by molar-refractivity contribution is 5.81. The van der Waals surface area contributed by atoms with Gasteiger partial charge in [0, 0.05) is 13.6 Å². The Labute approximate surface area is 80.7 Å². The third-order valence-corrected chi connectivity index (χ3v) is 1.43. The summed E-state index contributed by atoms with van der Waals surface area (Å²) in [7, 11) is 1.09. The molecule has 0 radical (unpaired) electrons. The molecule has 0 bridgehead atoms. The van der Waals surface area contributed by atoms with Crippen LogP contribution in [0.1, 0.15) is 6.92 Å². The van der Waals surface area contributed by atoms with Gasteiger partial charge in [0.15, 0.2) is 0 Å². The first-order chi connectivity index (χ1) is 6.29. The largest absolute Gasteiger partial charge is 0.471 e. The van der Waals surface area contributed by atoms with Crippen LogP contribution in [0.5, 0.6) is 0 Å². The van der Waals surface area contributed by atoms with Crippen LogP contribution in [0, 0.1) is 0 Å². The molecular weight excluding hydrogens is 195 g/mol. The van der Waals surface area contributed by atoms with Crippen molar-refractivity contribution in [1.29, 1.82) is 0 Å². The normalized spacial score (nSPS) is 11.8. The first kappa shape index (κ1) is 12.7. The molecular formula is C9H12F3NO. The molecule has 0 N–H and O–H groups in total. The van der Waals surface area contributed by atoms with Gasteiger partial charge in [-0.25, -0.2) is 0 Å². The summed E-state index contributed by atoms with van der Waals surface area (Å²) in [5.41, 5.74) is 0.451. The summed E-state index contributed by atoms with van der Waals surface area (Å²) < 4.78 is 35.7. The van der Waals surface area contributed by atoms with Gasteiger partial charge in [-0.1, -0.05) is 18.7 Å². The maximum atomic E-state index is 11.9. The smallest absolute Gasteiger partial charge is 0.334 e. The SMILES string of the molecule is C=C(/C=C\C)CN(C)C(=O)C(F)(F)F. The number of carbonyl (C=O) groups is 1. The maximum Gasteiger partial charge on any atom is 0.471 e. The van der Waals surface area contributed by atoms with Crippen LogP contribution in [-0.4, -0.2) is 30.6 Å². The number of nitrogens with zero attached hydrogens (tertiary/aromatic N) is 1. The molecule has 0 saturated heterocycles. The maximum absolute atomic E-state index is 11.9. The number of allylic oxidation sites excluding steroid dienone is 1. The second kappa shape index (κ2) is 4.83. The summed E-state index contributed by atoms with van der Waals surface area (Å²) in [5.74, 6) is -1.86. The van der Waals surface area contributed by atoms with Crippen LogP contribution in [0.3, 0.4) is 0 Å². The number of amides is 1. The van der Waals surface area contributed by atoms with Gasteiger partial charge in [-0.15, -0.1) is 0 Å². The summed E-state index contributed by atoms with van der Waals surface area (Å²) in [4.78, 5) is 11.2. The molecule has 80 valence electrons. The van der Waals surface area contributed by atoms with Crippen molar-refractivity contribution < 1.29 is 18.0 Å². The number of rotatable bonds is 3. The van der Waals surface area contributed by atoms with Crippen LogP contribution < -0.4 is 0 Å². The predicted octanol–water partition coefficient (Wildman–Crippen LogP) is 2.14. The molecule has 0 aromatic heterocycles. The fraction of sp³-hybridized carbons (Fsp3) is 0.444. The van der Waals surface area contributed by atoms with Gasteiger partial charge in [-0.2, -0.15) is 13.2 Å². The van der Waals surface area contributed by atoms with E-state index in [1.165, 1.54) is 0 Å². The minimum absolute atomic E-state index is 0.122. The Hall–Kier alpha value is -1.26. The monoisotopic (exact) mass is 207 g/mol. The number of hydrogen-bond acceptors (Lipinski definition) is 1. The fourth-order valence-corrected chi connectivity index (χ4v) is 0.881. The first-order valence-electron chi connectivity index (χ1n) is 3.91. The molecule has 0 aliphatic heterocycles. The van der Waals surface area contributed by atoms with Crippen molar-refractivity contribution in [3.8, 4) is 0 Å². The number of carbonyl (C=O) groups excluding carboxylic acids is 1. The molecule has 0 saturated carbocycles. The second-order valence-electron chi connectivity index (χ2n) is 2.82.